The molecule has 9 heteroatoms. The summed E-state index contributed by atoms with van der Waals surface area (Å²) in [6.07, 6.45) is 2.16. The number of phenolic OH excluding ortho intramolecular Hbond substituents is 1. The van der Waals surface area contributed by atoms with Crippen LogP contribution in [0.25, 0.3) is 32.8 Å². The first-order valence-corrected chi connectivity index (χ1v) is 13.6. The first-order chi connectivity index (χ1) is 18.4. The summed E-state index contributed by atoms with van der Waals surface area (Å²) in [6.45, 7) is 3.36. The van der Waals surface area contributed by atoms with Crippen LogP contribution in [0.1, 0.15) is 12.8 Å². The third-order valence-corrected chi connectivity index (χ3v) is 8.76. The minimum absolute atomic E-state index is 0.0611. The lowest BCUT2D eigenvalue weighted by atomic mass is 9.96. The van der Waals surface area contributed by atoms with Crippen molar-refractivity contribution in [1.82, 2.24) is 20.2 Å². The third-order valence-electron chi connectivity index (χ3n) is 8.47. The Balaban J connectivity index is 1.45. The minimum Gasteiger partial charge on any atom is -0.508 e. The molecule has 38 heavy (non-hydrogen) atoms. The Morgan fingerprint density at radius 3 is 2.50 bits per heavy atom. The van der Waals surface area contributed by atoms with Gasteiger partial charge in [0, 0.05) is 55.3 Å². The van der Waals surface area contributed by atoms with E-state index in [1.54, 1.807) is 12.1 Å². The van der Waals surface area contributed by atoms with Crippen LogP contribution in [-0.4, -0.2) is 78.4 Å². The highest BCUT2D eigenvalue weighted by molar-refractivity contribution is 6.35. The largest absolute Gasteiger partial charge is 0.508 e. The van der Waals surface area contributed by atoms with E-state index in [0.717, 1.165) is 55.6 Å². The maximum absolute atomic E-state index is 16.7. The molecule has 0 amide bonds. The molecule has 0 aliphatic carbocycles. The van der Waals surface area contributed by atoms with Gasteiger partial charge in [-0.05, 0) is 61.5 Å². The molecule has 4 heterocycles. The van der Waals surface area contributed by atoms with Crippen molar-refractivity contribution >= 4 is 45.0 Å². The van der Waals surface area contributed by atoms with Gasteiger partial charge in [-0.15, -0.1) is 0 Å². The highest BCUT2D eigenvalue weighted by atomic mass is 35.5. The molecular formula is C29H30ClFN6O. The van der Waals surface area contributed by atoms with Crippen molar-refractivity contribution in [3.63, 3.8) is 0 Å². The lowest BCUT2D eigenvalue weighted by molar-refractivity contribution is 0.245. The fraction of sp³-hybridized carbons (Fsp3) is 0.379. The number of aromatic hydroxyl groups is 1. The Hall–Kier alpha value is -3.20. The number of hydrogen-bond acceptors (Lipinski definition) is 7. The molecular weight excluding hydrogens is 503 g/mol. The second-order valence-electron chi connectivity index (χ2n) is 11.0. The van der Waals surface area contributed by atoms with Crippen LogP contribution in [0.4, 0.5) is 16.2 Å². The van der Waals surface area contributed by atoms with E-state index in [-0.39, 0.29) is 21.9 Å². The van der Waals surface area contributed by atoms with Crippen molar-refractivity contribution in [2.45, 2.75) is 31.0 Å². The monoisotopic (exact) mass is 532 g/mol. The smallest absolute Gasteiger partial charge is 0.228 e. The van der Waals surface area contributed by atoms with Crippen molar-refractivity contribution in [2.24, 2.45) is 0 Å². The number of nitrogens with one attached hydrogen (secondary N) is 1. The number of halogens is 2. The first kappa shape index (κ1) is 23.9. The molecule has 2 atom stereocenters. The molecule has 3 aromatic carbocycles. The van der Waals surface area contributed by atoms with Crippen molar-refractivity contribution in [2.75, 3.05) is 50.1 Å². The van der Waals surface area contributed by atoms with E-state index < -0.39 is 5.82 Å². The van der Waals surface area contributed by atoms with Gasteiger partial charge in [0.25, 0.3) is 0 Å². The summed E-state index contributed by atoms with van der Waals surface area (Å²) in [7, 11) is 4.14. The summed E-state index contributed by atoms with van der Waals surface area (Å²) in [5.74, 6) is 0.892. The molecule has 0 saturated carbocycles. The molecule has 3 aliphatic heterocycles. The summed E-state index contributed by atoms with van der Waals surface area (Å²) >= 11 is 6.87. The molecule has 2 unspecified atom stereocenters. The Morgan fingerprint density at radius 2 is 1.76 bits per heavy atom. The number of anilines is 2. The number of rotatable bonds is 4. The topological polar surface area (TPSA) is 67.8 Å². The fourth-order valence-electron chi connectivity index (χ4n) is 6.32. The van der Waals surface area contributed by atoms with Gasteiger partial charge in [-0.2, -0.15) is 4.98 Å². The predicted molar refractivity (Wildman–Crippen MR) is 151 cm³/mol. The highest BCUT2D eigenvalue weighted by Crippen LogP contribution is 2.44. The summed E-state index contributed by atoms with van der Waals surface area (Å²) in [5, 5.41) is 16.5. The average molecular weight is 533 g/mol. The normalized spacial score (nSPS) is 21.6. The van der Waals surface area contributed by atoms with E-state index in [1.807, 2.05) is 30.3 Å². The number of benzene rings is 3. The van der Waals surface area contributed by atoms with Gasteiger partial charge in [-0.3, -0.25) is 0 Å². The Labute approximate surface area is 225 Å². The fourth-order valence-corrected chi connectivity index (χ4v) is 6.62. The van der Waals surface area contributed by atoms with Crippen LogP contribution in [0.5, 0.6) is 5.75 Å². The third kappa shape index (κ3) is 3.69. The van der Waals surface area contributed by atoms with E-state index in [0.29, 0.717) is 35.0 Å². The molecule has 7 rings (SSSR count). The van der Waals surface area contributed by atoms with E-state index in [9.17, 15) is 5.11 Å². The predicted octanol–water partition coefficient (Wildman–Crippen LogP) is 4.64. The second kappa shape index (κ2) is 8.93. The standard InChI is InChI=1S/C29H30ClFN6O/c1-35(2)19-14-36(15-19)29-33-27-23(28(34-29)37-17-7-8-18(37)13-32-12-17)11-24(30)25(26(27)31)22-10-20(38)9-16-5-3-4-6-21(16)22/h3-6,9-11,17-19,32,38H,7-8,12-15H2,1-2H3. The molecule has 1 aromatic heterocycles. The van der Waals surface area contributed by atoms with Gasteiger partial charge < -0.3 is 25.1 Å². The van der Waals surface area contributed by atoms with Crippen molar-refractivity contribution in [1.29, 1.82) is 0 Å². The summed E-state index contributed by atoms with van der Waals surface area (Å²) in [4.78, 5) is 16.5. The summed E-state index contributed by atoms with van der Waals surface area (Å²) < 4.78 is 16.7. The van der Waals surface area contributed by atoms with Crippen LogP contribution in [-0.2, 0) is 0 Å². The van der Waals surface area contributed by atoms with E-state index >= 15 is 4.39 Å². The van der Waals surface area contributed by atoms with E-state index in [2.05, 4.69) is 34.1 Å². The number of likely N-dealkylation sites (N-methyl/N-ethyl adjacent to an activating group) is 1. The summed E-state index contributed by atoms with van der Waals surface area (Å²) in [6, 6.07) is 13.7. The van der Waals surface area contributed by atoms with Gasteiger partial charge in [0.2, 0.25) is 5.95 Å². The minimum atomic E-state index is -0.486. The summed E-state index contributed by atoms with van der Waals surface area (Å²) in [5.41, 5.74) is 1.06. The molecule has 4 aromatic rings. The van der Waals surface area contributed by atoms with Gasteiger partial charge in [-0.25, -0.2) is 9.37 Å². The Bertz CT molecular complexity index is 1560. The molecule has 0 radical (unpaired) electrons. The van der Waals surface area contributed by atoms with E-state index in [1.165, 1.54) is 0 Å². The number of phenols is 1. The maximum Gasteiger partial charge on any atom is 0.228 e. The van der Waals surface area contributed by atoms with Gasteiger partial charge in [-0.1, -0.05) is 35.9 Å². The molecule has 3 fully saturated rings. The van der Waals surface area contributed by atoms with Crippen LogP contribution >= 0.6 is 11.6 Å². The van der Waals surface area contributed by atoms with Crippen molar-refractivity contribution in [3.8, 4) is 16.9 Å². The Kier molecular flexibility index (Phi) is 5.61. The van der Waals surface area contributed by atoms with Gasteiger partial charge in [0.05, 0.1) is 5.02 Å². The molecule has 3 aliphatic rings. The number of fused-ring (bicyclic) bond motifs is 4. The lowest BCUT2D eigenvalue weighted by Crippen LogP contribution is -2.58. The zero-order chi connectivity index (χ0) is 26.1. The number of hydrogen-bond donors (Lipinski definition) is 2. The van der Waals surface area contributed by atoms with Crippen LogP contribution in [0.2, 0.25) is 5.02 Å². The van der Waals surface area contributed by atoms with Crippen molar-refractivity contribution in [3.05, 3.63) is 53.3 Å². The van der Waals surface area contributed by atoms with Crippen LogP contribution < -0.4 is 15.1 Å². The Morgan fingerprint density at radius 1 is 1.03 bits per heavy atom. The molecule has 196 valence electrons. The molecule has 2 bridgehead atoms. The van der Waals surface area contributed by atoms with Crippen LogP contribution in [0.15, 0.2) is 42.5 Å². The molecule has 7 nitrogen and oxygen atoms in total. The molecule has 2 N–H and O–H groups in total. The number of aromatic nitrogens is 2. The highest BCUT2D eigenvalue weighted by Gasteiger charge is 2.40. The quantitative estimate of drug-likeness (QED) is 0.397. The molecule has 3 saturated heterocycles. The van der Waals surface area contributed by atoms with Crippen LogP contribution in [0, 0.1) is 5.82 Å². The number of nitrogens with zero attached hydrogens (tertiary/aromatic N) is 5. The lowest BCUT2D eigenvalue weighted by Gasteiger charge is -2.43. The zero-order valence-corrected chi connectivity index (χ0v) is 22.2. The second-order valence-corrected chi connectivity index (χ2v) is 11.4. The van der Waals surface area contributed by atoms with Crippen LogP contribution in [0.3, 0.4) is 0 Å². The zero-order valence-electron chi connectivity index (χ0n) is 21.5. The van der Waals surface area contributed by atoms with Gasteiger partial charge >= 0.3 is 0 Å². The van der Waals surface area contributed by atoms with Gasteiger partial charge in [0.15, 0.2) is 5.82 Å². The number of piperazine rings is 1. The van der Waals surface area contributed by atoms with Gasteiger partial charge in [0.1, 0.15) is 17.1 Å². The molecule has 0 spiro atoms. The SMILES string of the molecule is CN(C)C1CN(c2nc(N3C4CCC3CNC4)c3cc(Cl)c(-c4cc(O)cc5ccccc45)c(F)c3n2)C1. The first-order valence-electron chi connectivity index (χ1n) is 13.2. The van der Waals surface area contributed by atoms with Crippen molar-refractivity contribution < 1.29 is 9.50 Å². The van der Waals surface area contributed by atoms with E-state index in [4.69, 9.17) is 21.6 Å². The maximum atomic E-state index is 16.7. The average Bonchev–Trinajstić information content (AvgIpc) is 3.10.